The molecule has 0 saturated carbocycles. The van der Waals surface area contributed by atoms with Crippen LogP contribution in [0, 0.1) is 5.41 Å². The van der Waals surface area contributed by atoms with Crippen LogP contribution < -0.4 is 14.8 Å². The van der Waals surface area contributed by atoms with Crippen LogP contribution in [0.1, 0.15) is 18.4 Å². The molecule has 7 nitrogen and oxygen atoms in total. The average molecular weight is 392 g/mol. The topological polar surface area (TPSA) is 63.3 Å². The van der Waals surface area contributed by atoms with Crippen molar-refractivity contribution in [3.8, 4) is 11.5 Å². The number of rotatable bonds is 7. The summed E-state index contributed by atoms with van der Waals surface area (Å²) in [4.78, 5) is 17.7. The normalized spacial score (nSPS) is 20.0. The zero-order chi connectivity index (χ0) is 20.0. The molecule has 0 aliphatic carbocycles. The van der Waals surface area contributed by atoms with Crippen LogP contribution in [0.2, 0.25) is 0 Å². The van der Waals surface area contributed by atoms with Gasteiger partial charge in [0.25, 0.3) is 0 Å². The van der Waals surface area contributed by atoms with Gasteiger partial charge in [-0.25, -0.2) is 0 Å². The van der Waals surface area contributed by atoms with E-state index in [2.05, 4.69) is 10.2 Å². The lowest BCUT2D eigenvalue weighted by Crippen LogP contribution is -2.56. The number of hydrogen-bond acceptors (Lipinski definition) is 6. The van der Waals surface area contributed by atoms with E-state index in [4.69, 9.17) is 14.2 Å². The smallest absolute Gasteiger partial charge is 0.231 e. The monoisotopic (exact) mass is 391 g/mol. The lowest BCUT2D eigenvalue weighted by molar-refractivity contribution is -0.149. The van der Waals surface area contributed by atoms with Crippen molar-refractivity contribution in [2.75, 3.05) is 67.2 Å². The number of carbonyl (C=O) groups is 1. The van der Waals surface area contributed by atoms with Crippen LogP contribution in [-0.4, -0.2) is 82.9 Å². The Morgan fingerprint density at radius 1 is 1.07 bits per heavy atom. The van der Waals surface area contributed by atoms with Gasteiger partial charge in [0.15, 0.2) is 0 Å². The molecule has 2 heterocycles. The third-order valence-electron chi connectivity index (χ3n) is 5.98. The second-order valence-electron chi connectivity index (χ2n) is 7.71. The van der Waals surface area contributed by atoms with E-state index in [1.165, 1.54) is 0 Å². The maximum Gasteiger partial charge on any atom is 0.231 e. The maximum atomic E-state index is 13.3. The van der Waals surface area contributed by atoms with Crippen LogP contribution in [0.5, 0.6) is 11.5 Å². The second-order valence-corrected chi connectivity index (χ2v) is 7.71. The third kappa shape index (κ3) is 4.59. The molecule has 0 spiro atoms. The molecule has 1 aromatic rings. The third-order valence-corrected chi connectivity index (χ3v) is 5.98. The number of piperidine rings is 1. The van der Waals surface area contributed by atoms with Gasteiger partial charge in [0.05, 0.1) is 26.2 Å². The fraction of sp³-hybridized carbons (Fsp3) is 0.667. The number of benzene rings is 1. The van der Waals surface area contributed by atoms with Gasteiger partial charge < -0.3 is 24.4 Å². The Kier molecular flexibility index (Phi) is 7.15. The molecule has 28 heavy (non-hydrogen) atoms. The molecule has 2 saturated heterocycles. The SMILES string of the molecule is COCC1(C(=O)N2CCN(Cc3cc(OC)ccc3OC)CC2)CCNCC1. The van der Waals surface area contributed by atoms with Crippen LogP contribution in [0.15, 0.2) is 18.2 Å². The summed E-state index contributed by atoms with van der Waals surface area (Å²) in [5.74, 6) is 1.96. The zero-order valence-corrected chi connectivity index (χ0v) is 17.3. The summed E-state index contributed by atoms with van der Waals surface area (Å²) in [6.07, 6.45) is 1.70. The van der Waals surface area contributed by atoms with Gasteiger partial charge in [0.1, 0.15) is 11.5 Å². The van der Waals surface area contributed by atoms with Gasteiger partial charge in [-0.2, -0.15) is 0 Å². The van der Waals surface area contributed by atoms with Gasteiger partial charge in [-0.05, 0) is 44.1 Å². The van der Waals surface area contributed by atoms with E-state index < -0.39 is 0 Å². The first kappa shape index (κ1) is 20.9. The fourth-order valence-corrected chi connectivity index (χ4v) is 4.29. The van der Waals surface area contributed by atoms with E-state index >= 15 is 0 Å². The van der Waals surface area contributed by atoms with Crippen molar-refractivity contribution in [3.63, 3.8) is 0 Å². The highest BCUT2D eigenvalue weighted by atomic mass is 16.5. The molecule has 0 unspecified atom stereocenters. The number of ether oxygens (including phenoxy) is 3. The molecule has 2 aliphatic rings. The number of hydrogen-bond donors (Lipinski definition) is 1. The molecule has 2 aliphatic heterocycles. The Bertz CT molecular complexity index is 648. The summed E-state index contributed by atoms with van der Waals surface area (Å²) in [6, 6.07) is 5.88. The van der Waals surface area contributed by atoms with Crippen molar-refractivity contribution < 1.29 is 19.0 Å². The van der Waals surface area contributed by atoms with Crippen molar-refractivity contribution in [2.45, 2.75) is 19.4 Å². The molecule has 3 rings (SSSR count). The summed E-state index contributed by atoms with van der Waals surface area (Å²) in [5, 5.41) is 3.35. The Hall–Kier alpha value is -1.83. The summed E-state index contributed by atoms with van der Waals surface area (Å²) in [7, 11) is 5.05. The quantitative estimate of drug-likeness (QED) is 0.757. The number of piperazine rings is 1. The highest BCUT2D eigenvalue weighted by molar-refractivity contribution is 5.83. The maximum absolute atomic E-state index is 13.3. The number of nitrogens with one attached hydrogen (secondary N) is 1. The van der Waals surface area contributed by atoms with E-state index in [1.807, 2.05) is 23.1 Å². The van der Waals surface area contributed by atoms with Gasteiger partial charge in [0.2, 0.25) is 5.91 Å². The largest absolute Gasteiger partial charge is 0.497 e. The Morgan fingerprint density at radius 3 is 2.39 bits per heavy atom. The first-order valence-corrected chi connectivity index (χ1v) is 10.0. The summed E-state index contributed by atoms with van der Waals surface area (Å²) in [5.41, 5.74) is 0.744. The highest BCUT2D eigenvalue weighted by Gasteiger charge is 2.42. The van der Waals surface area contributed by atoms with Crippen molar-refractivity contribution in [3.05, 3.63) is 23.8 Å². The lowest BCUT2D eigenvalue weighted by Gasteiger charge is -2.42. The molecule has 2 fully saturated rings. The van der Waals surface area contributed by atoms with Crippen molar-refractivity contribution in [1.29, 1.82) is 0 Å². The minimum absolute atomic E-state index is 0.259. The van der Waals surface area contributed by atoms with Crippen LogP contribution in [0.3, 0.4) is 0 Å². The highest BCUT2D eigenvalue weighted by Crippen LogP contribution is 2.32. The molecule has 156 valence electrons. The molecule has 0 aromatic heterocycles. The summed E-state index contributed by atoms with van der Waals surface area (Å²) < 4.78 is 16.3. The van der Waals surface area contributed by atoms with E-state index in [9.17, 15) is 4.79 Å². The Morgan fingerprint density at radius 2 is 1.79 bits per heavy atom. The molecule has 1 N–H and O–H groups in total. The lowest BCUT2D eigenvalue weighted by atomic mass is 9.78. The second kappa shape index (κ2) is 9.58. The molecule has 1 aromatic carbocycles. The molecule has 0 atom stereocenters. The van der Waals surface area contributed by atoms with E-state index in [-0.39, 0.29) is 11.3 Å². The van der Waals surface area contributed by atoms with Crippen LogP contribution in [0.4, 0.5) is 0 Å². The molecule has 0 radical (unpaired) electrons. The Balaban J connectivity index is 1.60. The van der Waals surface area contributed by atoms with Crippen LogP contribution in [-0.2, 0) is 16.1 Å². The van der Waals surface area contributed by atoms with E-state index in [0.717, 1.165) is 75.7 Å². The van der Waals surface area contributed by atoms with E-state index in [1.54, 1.807) is 21.3 Å². The zero-order valence-electron chi connectivity index (χ0n) is 17.3. The summed E-state index contributed by atoms with van der Waals surface area (Å²) in [6.45, 7) is 6.27. The standard InChI is InChI=1S/C21H33N3O4/c1-26-16-21(6-8-22-9-7-21)20(25)24-12-10-23(11-13-24)15-17-14-18(27-2)4-5-19(17)28-3/h4-5,14,22H,6-13,15-16H2,1-3H3. The minimum atomic E-state index is -0.363. The van der Waals surface area contributed by atoms with E-state index in [0.29, 0.717) is 6.61 Å². The average Bonchev–Trinajstić information content (AvgIpc) is 2.74. The minimum Gasteiger partial charge on any atom is -0.497 e. The van der Waals surface area contributed by atoms with Gasteiger partial charge in [0, 0.05) is 45.4 Å². The predicted molar refractivity (Wildman–Crippen MR) is 108 cm³/mol. The number of methoxy groups -OCH3 is 3. The molecular weight excluding hydrogens is 358 g/mol. The van der Waals surface area contributed by atoms with Gasteiger partial charge in [-0.15, -0.1) is 0 Å². The number of carbonyl (C=O) groups excluding carboxylic acids is 1. The van der Waals surface area contributed by atoms with Crippen LogP contribution >= 0.6 is 0 Å². The summed E-state index contributed by atoms with van der Waals surface area (Å²) >= 11 is 0. The van der Waals surface area contributed by atoms with Crippen molar-refractivity contribution in [2.24, 2.45) is 5.41 Å². The molecule has 0 bridgehead atoms. The number of amides is 1. The van der Waals surface area contributed by atoms with Gasteiger partial charge in [-0.3, -0.25) is 9.69 Å². The molecule has 1 amide bonds. The molecule has 7 heteroatoms. The number of nitrogens with zero attached hydrogens (tertiary/aromatic N) is 2. The van der Waals surface area contributed by atoms with Gasteiger partial charge in [-0.1, -0.05) is 0 Å². The van der Waals surface area contributed by atoms with Gasteiger partial charge >= 0.3 is 0 Å². The predicted octanol–water partition coefficient (Wildman–Crippen LogP) is 1.36. The first-order chi connectivity index (χ1) is 13.6. The Labute approximate surface area is 167 Å². The fourth-order valence-electron chi connectivity index (χ4n) is 4.29. The first-order valence-electron chi connectivity index (χ1n) is 10.0. The van der Waals surface area contributed by atoms with Crippen LogP contribution in [0.25, 0.3) is 0 Å². The molecular formula is C21H33N3O4. The van der Waals surface area contributed by atoms with Crippen molar-refractivity contribution in [1.82, 2.24) is 15.1 Å². The van der Waals surface area contributed by atoms with Crippen molar-refractivity contribution >= 4 is 5.91 Å².